The number of amides is 1. The normalized spacial score (nSPS) is 11.2. The molecule has 1 aromatic carbocycles. The van der Waals surface area contributed by atoms with Crippen molar-refractivity contribution >= 4 is 21.8 Å². The van der Waals surface area contributed by atoms with Gasteiger partial charge in [0.2, 0.25) is 0 Å². The molecule has 0 aliphatic rings. The molecule has 23 heavy (non-hydrogen) atoms. The van der Waals surface area contributed by atoms with Crippen molar-refractivity contribution in [1.82, 2.24) is 9.88 Å². The zero-order chi connectivity index (χ0) is 17.0. The third kappa shape index (κ3) is 4.95. The average Bonchev–Trinajstić information content (AvgIpc) is 2.47. The van der Waals surface area contributed by atoms with Crippen LogP contribution in [0.2, 0.25) is 0 Å². The van der Waals surface area contributed by atoms with Crippen molar-refractivity contribution in [2.75, 3.05) is 7.05 Å². The van der Waals surface area contributed by atoms with E-state index in [1.807, 2.05) is 0 Å². The number of alkyl halides is 3. The van der Waals surface area contributed by atoms with Gasteiger partial charge in [-0.25, -0.2) is 0 Å². The summed E-state index contributed by atoms with van der Waals surface area (Å²) >= 11 is 3.21. The van der Waals surface area contributed by atoms with Gasteiger partial charge in [-0.15, -0.1) is 13.2 Å². The lowest BCUT2D eigenvalue weighted by molar-refractivity contribution is -0.274. The Morgan fingerprint density at radius 1 is 1.30 bits per heavy atom. The molecule has 1 aromatic heterocycles. The lowest BCUT2D eigenvalue weighted by atomic mass is 10.1. The van der Waals surface area contributed by atoms with Crippen molar-refractivity contribution in [3.8, 4) is 5.75 Å². The maximum atomic E-state index is 12.4. The summed E-state index contributed by atoms with van der Waals surface area (Å²) in [5.74, 6) is -0.687. The number of hydrogen-bond donors (Lipinski definition) is 0. The molecule has 4 nitrogen and oxygen atoms in total. The summed E-state index contributed by atoms with van der Waals surface area (Å²) in [7, 11) is 1.49. The van der Waals surface area contributed by atoms with Crippen molar-refractivity contribution in [2.24, 2.45) is 0 Å². The third-order valence-electron chi connectivity index (χ3n) is 2.90. The highest BCUT2D eigenvalue weighted by Crippen LogP contribution is 2.27. The third-order valence-corrected chi connectivity index (χ3v) is 3.34. The van der Waals surface area contributed by atoms with E-state index in [9.17, 15) is 18.0 Å². The monoisotopic (exact) mass is 388 g/mol. The first-order valence-electron chi connectivity index (χ1n) is 6.46. The van der Waals surface area contributed by atoms with E-state index in [4.69, 9.17) is 0 Å². The second kappa shape index (κ2) is 6.99. The van der Waals surface area contributed by atoms with Gasteiger partial charge in [0.1, 0.15) is 5.75 Å². The number of pyridine rings is 1. The van der Waals surface area contributed by atoms with Crippen LogP contribution in [0.1, 0.15) is 15.9 Å². The van der Waals surface area contributed by atoms with Gasteiger partial charge in [0.25, 0.3) is 5.91 Å². The molecule has 0 aliphatic heterocycles. The summed E-state index contributed by atoms with van der Waals surface area (Å²) in [6.07, 6.45) is -1.86. The Hall–Kier alpha value is -2.09. The molecule has 2 rings (SSSR count). The first kappa shape index (κ1) is 17.3. The van der Waals surface area contributed by atoms with Crippen LogP contribution >= 0.6 is 15.9 Å². The van der Waals surface area contributed by atoms with Crippen molar-refractivity contribution in [1.29, 1.82) is 0 Å². The Morgan fingerprint density at radius 3 is 2.65 bits per heavy atom. The van der Waals surface area contributed by atoms with Crippen LogP contribution in [0.5, 0.6) is 5.75 Å². The molecule has 8 heteroatoms. The second-order valence-corrected chi connectivity index (χ2v) is 5.62. The molecule has 1 amide bonds. The molecule has 0 N–H and O–H groups in total. The van der Waals surface area contributed by atoms with Crippen LogP contribution < -0.4 is 4.74 Å². The maximum absolute atomic E-state index is 12.4. The first-order valence-corrected chi connectivity index (χ1v) is 7.25. The number of aromatic nitrogens is 1. The Bertz CT molecular complexity index is 707. The second-order valence-electron chi connectivity index (χ2n) is 4.71. The summed E-state index contributed by atoms with van der Waals surface area (Å²) < 4.78 is 41.8. The van der Waals surface area contributed by atoms with Crippen molar-refractivity contribution in [3.05, 3.63) is 58.3 Å². The minimum atomic E-state index is -4.78. The largest absolute Gasteiger partial charge is 0.573 e. The van der Waals surface area contributed by atoms with Gasteiger partial charge in [0.15, 0.2) is 0 Å². The van der Waals surface area contributed by atoms with E-state index in [2.05, 4.69) is 25.7 Å². The van der Waals surface area contributed by atoms with Gasteiger partial charge in [-0.05, 0) is 28.1 Å². The SMILES string of the molecule is CN(Cc1ccccc1OC(F)(F)F)C(=O)c1cncc(Br)c1. The molecule has 0 atom stereocenters. The summed E-state index contributed by atoms with van der Waals surface area (Å²) in [5.41, 5.74) is 0.583. The predicted molar refractivity (Wildman–Crippen MR) is 80.9 cm³/mol. The molecule has 0 saturated heterocycles. The van der Waals surface area contributed by atoms with Crippen LogP contribution in [-0.4, -0.2) is 29.2 Å². The number of benzene rings is 1. The number of rotatable bonds is 4. The Morgan fingerprint density at radius 2 is 2.00 bits per heavy atom. The van der Waals surface area contributed by atoms with E-state index in [1.165, 1.54) is 42.5 Å². The number of para-hydroxylation sites is 1. The van der Waals surface area contributed by atoms with Crippen LogP contribution in [0.4, 0.5) is 13.2 Å². The Labute approximate surface area is 139 Å². The zero-order valence-electron chi connectivity index (χ0n) is 12.0. The van der Waals surface area contributed by atoms with E-state index in [0.29, 0.717) is 10.0 Å². The van der Waals surface area contributed by atoms with Crippen LogP contribution in [0.15, 0.2) is 47.2 Å². The number of ether oxygens (including phenoxy) is 1. The van der Waals surface area contributed by atoms with E-state index in [0.717, 1.165) is 0 Å². The molecular weight excluding hydrogens is 377 g/mol. The standard InChI is InChI=1S/C15H12BrF3N2O2/c1-21(14(22)11-6-12(16)8-20-7-11)9-10-4-2-3-5-13(10)23-15(17,18)19/h2-8H,9H2,1H3. The smallest absolute Gasteiger partial charge is 0.405 e. The lowest BCUT2D eigenvalue weighted by Gasteiger charge is -2.20. The van der Waals surface area contributed by atoms with E-state index in [1.54, 1.807) is 12.1 Å². The Kier molecular flexibility index (Phi) is 5.25. The molecule has 0 fully saturated rings. The van der Waals surface area contributed by atoms with Gasteiger partial charge in [-0.3, -0.25) is 9.78 Å². The van der Waals surface area contributed by atoms with Gasteiger partial charge in [-0.2, -0.15) is 0 Å². The molecule has 122 valence electrons. The summed E-state index contributed by atoms with van der Waals surface area (Å²) in [5, 5.41) is 0. The number of halogens is 4. The summed E-state index contributed by atoms with van der Waals surface area (Å²) in [6, 6.07) is 7.29. The lowest BCUT2D eigenvalue weighted by Crippen LogP contribution is -2.27. The first-order chi connectivity index (χ1) is 10.8. The van der Waals surface area contributed by atoms with E-state index >= 15 is 0 Å². The predicted octanol–water partition coefficient (Wildman–Crippen LogP) is 4.01. The summed E-state index contributed by atoms with van der Waals surface area (Å²) in [4.78, 5) is 17.5. The molecule has 0 radical (unpaired) electrons. The number of carbonyl (C=O) groups is 1. The zero-order valence-corrected chi connectivity index (χ0v) is 13.6. The summed E-state index contributed by atoms with van der Waals surface area (Å²) in [6.45, 7) is -0.0302. The molecular formula is C15H12BrF3N2O2. The molecule has 0 unspecified atom stereocenters. The number of carbonyl (C=O) groups excluding carboxylic acids is 1. The van der Waals surface area contributed by atoms with Crippen LogP contribution in [0.25, 0.3) is 0 Å². The Balaban J connectivity index is 2.17. The molecule has 0 saturated carbocycles. The van der Waals surface area contributed by atoms with Crippen molar-refractivity contribution in [2.45, 2.75) is 12.9 Å². The number of hydrogen-bond acceptors (Lipinski definition) is 3. The maximum Gasteiger partial charge on any atom is 0.573 e. The van der Waals surface area contributed by atoms with Gasteiger partial charge in [-0.1, -0.05) is 18.2 Å². The average molecular weight is 389 g/mol. The molecule has 0 spiro atoms. The number of nitrogens with zero attached hydrogens (tertiary/aromatic N) is 2. The van der Waals surface area contributed by atoms with Gasteiger partial charge in [0.05, 0.1) is 5.56 Å². The van der Waals surface area contributed by atoms with Gasteiger partial charge >= 0.3 is 6.36 Å². The fourth-order valence-corrected chi connectivity index (χ4v) is 2.30. The van der Waals surface area contributed by atoms with Crippen LogP contribution in [0, 0.1) is 0 Å². The van der Waals surface area contributed by atoms with E-state index < -0.39 is 6.36 Å². The van der Waals surface area contributed by atoms with Crippen molar-refractivity contribution < 1.29 is 22.7 Å². The fourth-order valence-electron chi connectivity index (χ4n) is 1.94. The minimum absolute atomic E-state index is 0.0302. The highest BCUT2D eigenvalue weighted by molar-refractivity contribution is 9.10. The van der Waals surface area contributed by atoms with Gasteiger partial charge < -0.3 is 9.64 Å². The van der Waals surface area contributed by atoms with Crippen LogP contribution in [0.3, 0.4) is 0 Å². The molecule has 1 heterocycles. The van der Waals surface area contributed by atoms with Gasteiger partial charge in [0, 0.05) is 36.0 Å². The highest BCUT2D eigenvalue weighted by Gasteiger charge is 2.32. The molecule has 0 aliphatic carbocycles. The quantitative estimate of drug-likeness (QED) is 0.794. The topological polar surface area (TPSA) is 42.4 Å². The van der Waals surface area contributed by atoms with Crippen LogP contribution in [-0.2, 0) is 6.54 Å². The van der Waals surface area contributed by atoms with E-state index in [-0.39, 0.29) is 23.8 Å². The van der Waals surface area contributed by atoms with Crippen molar-refractivity contribution in [3.63, 3.8) is 0 Å². The molecule has 0 bridgehead atoms. The fraction of sp³-hybridized carbons (Fsp3) is 0.200. The molecule has 2 aromatic rings. The minimum Gasteiger partial charge on any atom is -0.405 e. The highest BCUT2D eigenvalue weighted by atomic mass is 79.9.